The van der Waals surface area contributed by atoms with E-state index in [0.717, 1.165) is 21.1 Å². The molecule has 0 radical (unpaired) electrons. The van der Waals surface area contributed by atoms with Gasteiger partial charge in [-0.3, -0.25) is 4.57 Å². The maximum absolute atomic E-state index is 11.6. The van der Waals surface area contributed by atoms with Crippen LogP contribution in [-0.2, 0) is 7.05 Å². The van der Waals surface area contributed by atoms with Crippen molar-refractivity contribution in [1.82, 2.24) is 4.57 Å². The standard InChI is InChI=1S/C16H13Br2NO2/c1-9-3-5-11(12(17)7-9)15(18)10-4-6-13-14(8-10)21-16(20)19(13)2/h3-8,15H,1-2H3. The minimum atomic E-state index is -0.343. The molecule has 3 rings (SSSR count). The molecule has 21 heavy (non-hydrogen) atoms. The second-order valence-electron chi connectivity index (χ2n) is 5.04. The first kappa shape index (κ1) is 14.6. The topological polar surface area (TPSA) is 35.1 Å². The Morgan fingerprint density at radius 2 is 1.95 bits per heavy atom. The molecule has 0 N–H and O–H groups in total. The molecule has 0 saturated heterocycles. The van der Waals surface area contributed by atoms with E-state index in [-0.39, 0.29) is 10.6 Å². The predicted octanol–water partition coefficient (Wildman–Crippen LogP) is 4.69. The molecule has 1 aromatic heterocycles. The zero-order chi connectivity index (χ0) is 15.1. The van der Waals surface area contributed by atoms with Gasteiger partial charge in [0.25, 0.3) is 0 Å². The van der Waals surface area contributed by atoms with E-state index in [2.05, 4.69) is 57.0 Å². The van der Waals surface area contributed by atoms with E-state index in [1.807, 2.05) is 18.2 Å². The number of aryl methyl sites for hydroxylation is 2. The Labute approximate surface area is 138 Å². The third kappa shape index (κ3) is 2.60. The number of aromatic nitrogens is 1. The van der Waals surface area contributed by atoms with Gasteiger partial charge in [-0.2, -0.15) is 0 Å². The molecule has 1 unspecified atom stereocenters. The summed E-state index contributed by atoms with van der Waals surface area (Å²) in [7, 11) is 1.70. The van der Waals surface area contributed by atoms with Crippen molar-refractivity contribution in [3.05, 3.63) is 68.1 Å². The minimum Gasteiger partial charge on any atom is -0.408 e. The van der Waals surface area contributed by atoms with E-state index in [1.54, 1.807) is 7.05 Å². The fraction of sp³-hybridized carbons (Fsp3) is 0.188. The fourth-order valence-electron chi connectivity index (χ4n) is 2.33. The summed E-state index contributed by atoms with van der Waals surface area (Å²) in [5, 5.41) is 0. The second kappa shape index (κ2) is 5.46. The Morgan fingerprint density at radius 1 is 1.19 bits per heavy atom. The maximum atomic E-state index is 11.6. The SMILES string of the molecule is Cc1ccc(C(Br)c2ccc3c(c2)oc(=O)n3C)c(Br)c1. The number of hydrogen-bond donors (Lipinski definition) is 0. The molecule has 0 saturated carbocycles. The predicted molar refractivity (Wildman–Crippen MR) is 91.1 cm³/mol. The smallest absolute Gasteiger partial charge is 0.408 e. The Bertz CT molecular complexity index is 880. The van der Waals surface area contributed by atoms with E-state index >= 15 is 0 Å². The van der Waals surface area contributed by atoms with Crippen LogP contribution in [0.3, 0.4) is 0 Å². The van der Waals surface area contributed by atoms with E-state index in [4.69, 9.17) is 4.42 Å². The van der Waals surface area contributed by atoms with Crippen molar-refractivity contribution in [1.29, 1.82) is 0 Å². The molecule has 108 valence electrons. The van der Waals surface area contributed by atoms with Crippen molar-refractivity contribution in [2.45, 2.75) is 11.8 Å². The zero-order valence-corrected chi connectivity index (χ0v) is 14.7. The lowest BCUT2D eigenvalue weighted by Crippen LogP contribution is -2.08. The Balaban J connectivity index is 2.09. The van der Waals surface area contributed by atoms with Gasteiger partial charge in [-0.1, -0.05) is 50.1 Å². The third-order valence-electron chi connectivity index (χ3n) is 3.54. The van der Waals surface area contributed by atoms with E-state index < -0.39 is 0 Å². The fourth-order valence-corrected chi connectivity index (χ4v) is 4.04. The molecule has 5 heteroatoms. The molecular weight excluding hydrogens is 398 g/mol. The van der Waals surface area contributed by atoms with Gasteiger partial charge in [-0.25, -0.2) is 4.79 Å². The summed E-state index contributed by atoms with van der Waals surface area (Å²) < 4.78 is 7.81. The van der Waals surface area contributed by atoms with Crippen LogP contribution in [0.1, 0.15) is 21.5 Å². The van der Waals surface area contributed by atoms with Gasteiger partial charge < -0.3 is 4.42 Å². The number of alkyl halides is 1. The maximum Gasteiger partial charge on any atom is 0.419 e. The quantitative estimate of drug-likeness (QED) is 0.574. The third-order valence-corrected chi connectivity index (χ3v) is 5.25. The van der Waals surface area contributed by atoms with Crippen LogP contribution in [-0.4, -0.2) is 4.57 Å². The van der Waals surface area contributed by atoms with Crippen LogP contribution in [0.2, 0.25) is 0 Å². The Morgan fingerprint density at radius 3 is 2.67 bits per heavy atom. The van der Waals surface area contributed by atoms with Crippen molar-refractivity contribution in [2.75, 3.05) is 0 Å². The van der Waals surface area contributed by atoms with Crippen LogP contribution in [0.5, 0.6) is 0 Å². The van der Waals surface area contributed by atoms with Crippen LogP contribution in [0, 0.1) is 6.92 Å². The van der Waals surface area contributed by atoms with E-state index in [9.17, 15) is 4.79 Å². The van der Waals surface area contributed by atoms with Gasteiger partial charge in [0.2, 0.25) is 0 Å². The molecule has 0 fully saturated rings. The van der Waals surface area contributed by atoms with E-state index in [0.29, 0.717) is 5.58 Å². The molecule has 3 nitrogen and oxygen atoms in total. The molecule has 3 aromatic rings. The highest BCUT2D eigenvalue weighted by atomic mass is 79.9. The van der Waals surface area contributed by atoms with Gasteiger partial charge in [0.05, 0.1) is 10.3 Å². The lowest BCUT2D eigenvalue weighted by molar-refractivity contribution is 0.528. The van der Waals surface area contributed by atoms with Crippen LogP contribution < -0.4 is 5.76 Å². The molecule has 2 aromatic carbocycles. The van der Waals surface area contributed by atoms with Crippen molar-refractivity contribution in [3.8, 4) is 0 Å². The molecule has 0 bridgehead atoms. The van der Waals surface area contributed by atoms with Crippen LogP contribution in [0.15, 0.2) is 50.1 Å². The van der Waals surface area contributed by atoms with Gasteiger partial charge >= 0.3 is 5.76 Å². The first-order valence-electron chi connectivity index (χ1n) is 6.47. The average Bonchev–Trinajstić information content (AvgIpc) is 2.73. The summed E-state index contributed by atoms with van der Waals surface area (Å²) >= 11 is 7.33. The van der Waals surface area contributed by atoms with Crippen molar-refractivity contribution in [3.63, 3.8) is 0 Å². The van der Waals surface area contributed by atoms with Crippen molar-refractivity contribution >= 4 is 43.0 Å². The number of nitrogens with zero attached hydrogens (tertiary/aromatic N) is 1. The largest absolute Gasteiger partial charge is 0.419 e. The summed E-state index contributed by atoms with van der Waals surface area (Å²) in [5.41, 5.74) is 4.79. The second-order valence-corrected chi connectivity index (χ2v) is 6.81. The first-order valence-corrected chi connectivity index (χ1v) is 8.18. The molecule has 0 spiro atoms. The number of rotatable bonds is 2. The highest BCUT2D eigenvalue weighted by Gasteiger charge is 2.16. The number of oxazole rings is 1. The highest BCUT2D eigenvalue weighted by molar-refractivity contribution is 9.11. The summed E-state index contributed by atoms with van der Waals surface area (Å²) in [6.07, 6.45) is 0. The number of halogens is 2. The number of fused-ring (bicyclic) bond motifs is 1. The van der Waals surface area contributed by atoms with E-state index in [1.165, 1.54) is 10.1 Å². The highest BCUT2D eigenvalue weighted by Crippen LogP contribution is 2.36. The monoisotopic (exact) mass is 409 g/mol. The summed E-state index contributed by atoms with van der Waals surface area (Å²) in [6, 6.07) is 12.1. The van der Waals surface area contributed by atoms with Crippen LogP contribution in [0.25, 0.3) is 11.1 Å². The Hall–Kier alpha value is -1.33. The normalized spacial score (nSPS) is 12.8. The van der Waals surface area contributed by atoms with Crippen molar-refractivity contribution in [2.24, 2.45) is 7.05 Å². The lowest BCUT2D eigenvalue weighted by Gasteiger charge is -2.13. The summed E-state index contributed by atoms with van der Waals surface area (Å²) in [5.74, 6) is -0.343. The molecule has 1 heterocycles. The lowest BCUT2D eigenvalue weighted by atomic mass is 10.0. The number of hydrogen-bond acceptors (Lipinski definition) is 2. The van der Waals surface area contributed by atoms with Crippen molar-refractivity contribution < 1.29 is 4.42 Å². The number of benzene rings is 2. The van der Waals surface area contributed by atoms with Gasteiger partial charge in [0, 0.05) is 11.5 Å². The Kier molecular flexibility index (Phi) is 3.80. The molecule has 0 aliphatic carbocycles. The minimum absolute atomic E-state index is 0.0300. The summed E-state index contributed by atoms with van der Waals surface area (Å²) in [6.45, 7) is 2.06. The molecule has 0 amide bonds. The van der Waals surface area contributed by atoms with Crippen LogP contribution in [0.4, 0.5) is 0 Å². The molecule has 0 aliphatic heterocycles. The van der Waals surface area contributed by atoms with Gasteiger partial charge in [0.15, 0.2) is 5.58 Å². The summed E-state index contributed by atoms with van der Waals surface area (Å²) in [4.78, 5) is 11.6. The van der Waals surface area contributed by atoms with Gasteiger partial charge in [-0.15, -0.1) is 0 Å². The molecular formula is C16H13Br2NO2. The molecule has 1 atom stereocenters. The van der Waals surface area contributed by atoms with Gasteiger partial charge in [-0.05, 0) is 41.8 Å². The zero-order valence-electron chi connectivity index (χ0n) is 11.6. The first-order chi connectivity index (χ1) is 9.97. The van der Waals surface area contributed by atoms with Gasteiger partial charge in [0.1, 0.15) is 0 Å². The molecule has 0 aliphatic rings. The van der Waals surface area contributed by atoms with Crippen LogP contribution >= 0.6 is 31.9 Å². The average molecular weight is 411 g/mol.